The number of rotatable bonds is 5. The van der Waals surface area contributed by atoms with Gasteiger partial charge in [-0.2, -0.15) is 0 Å². The molecule has 0 fully saturated rings. The molecule has 7 heteroatoms. The normalized spacial score (nSPS) is 10.9. The minimum Gasteiger partial charge on any atom is -0.495 e. The molecule has 2 aromatic carbocycles. The van der Waals surface area contributed by atoms with Crippen molar-refractivity contribution in [2.24, 2.45) is 0 Å². The van der Waals surface area contributed by atoms with Gasteiger partial charge in [0.05, 0.1) is 19.2 Å². The van der Waals surface area contributed by atoms with Crippen molar-refractivity contribution in [1.29, 1.82) is 0 Å². The first kappa shape index (κ1) is 20.8. The van der Waals surface area contributed by atoms with Crippen molar-refractivity contribution in [3.05, 3.63) is 52.5 Å². The van der Waals surface area contributed by atoms with Gasteiger partial charge in [-0.3, -0.25) is 10.1 Å². The number of amides is 2. The van der Waals surface area contributed by atoms with Gasteiger partial charge >= 0.3 is 6.09 Å². The third-order valence-electron chi connectivity index (χ3n) is 3.40. The highest BCUT2D eigenvalue weighted by molar-refractivity contribution is 9.10. The molecule has 2 N–H and O–H groups in total. The van der Waals surface area contributed by atoms with Gasteiger partial charge in [-0.15, -0.1) is 0 Å². The van der Waals surface area contributed by atoms with Crippen molar-refractivity contribution >= 4 is 39.3 Å². The van der Waals surface area contributed by atoms with Gasteiger partial charge in [0.15, 0.2) is 0 Å². The molecule has 0 aliphatic heterocycles. The number of nitrogens with one attached hydrogen (secondary N) is 2. The number of carbonyl (C=O) groups excluding carboxylic acids is 2. The van der Waals surface area contributed by atoms with Crippen molar-refractivity contribution in [2.75, 3.05) is 17.7 Å². The van der Waals surface area contributed by atoms with Crippen LogP contribution in [0.15, 0.2) is 46.9 Å². The van der Waals surface area contributed by atoms with Crippen LogP contribution in [0.5, 0.6) is 5.75 Å². The lowest BCUT2D eigenvalue weighted by atomic mass is 10.1. The zero-order valence-electron chi connectivity index (χ0n) is 15.8. The molecule has 144 valence electrons. The van der Waals surface area contributed by atoms with Gasteiger partial charge in [0.25, 0.3) is 0 Å². The predicted molar refractivity (Wildman–Crippen MR) is 109 cm³/mol. The molecule has 0 radical (unpaired) electrons. The first-order valence-corrected chi connectivity index (χ1v) is 9.18. The molecule has 0 aliphatic carbocycles. The van der Waals surface area contributed by atoms with Crippen molar-refractivity contribution < 1.29 is 19.1 Å². The molecule has 6 nitrogen and oxygen atoms in total. The fourth-order valence-electron chi connectivity index (χ4n) is 2.29. The first-order valence-electron chi connectivity index (χ1n) is 8.38. The van der Waals surface area contributed by atoms with E-state index in [2.05, 4.69) is 26.6 Å². The maximum absolute atomic E-state index is 12.3. The van der Waals surface area contributed by atoms with E-state index in [1.54, 1.807) is 39.0 Å². The Morgan fingerprint density at radius 3 is 2.30 bits per heavy atom. The molecule has 0 atom stereocenters. The van der Waals surface area contributed by atoms with E-state index in [1.807, 2.05) is 24.3 Å². The van der Waals surface area contributed by atoms with E-state index in [1.165, 1.54) is 7.11 Å². The van der Waals surface area contributed by atoms with Crippen LogP contribution in [0, 0.1) is 0 Å². The summed E-state index contributed by atoms with van der Waals surface area (Å²) < 4.78 is 11.5. The van der Waals surface area contributed by atoms with Crippen molar-refractivity contribution in [1.82, 2.24) is 0 Å². The molecule has 2 rings (SSSR count). The molecular formula is C20H23BrN2O4. The van der Waals surface area contributed by atoms with E-state index in [9.17, 15) is 9.59 Å². The van der Waals surface area contributed by atoms with Crippen LogP contribution in [-0.2, 0) is 16.0 Å². The van der Waals surface area contributed by atoms with Gasteiger partial charge in [0, 0.05) is 10.2 Å². The lowest BCUT2D eigenvalue weighted by Crippen LogP contribution is -2.27. The Bertz CT molecular complexity index is 814. The van der Waals surface area contributed by atoms with E-state index >= 15 is 0 Å². The summed E-state index contributed by atoms with van der Waals surface area (Å²) in [5.41, 5.74) is 1.24. The topological polar surface area (TPSA) is 76.7 Å². The van der Waals surface area contributed by atoms with Gasteiger partial charge in [-0.05, 0) is 56.7 Å². The third kappa shape index (κ3) is 6.94. The molecule has 0 spiro atoms. The van der Waals surface area contributed by atoms with E-state index < -0.39 is 11.7 Å². The van der Waals surface area contributed by atoms with Crippen LogP contribution in [0.25, 0.3) is 0 Å². The highest BCUT2D eigenvalue weighted by Crippen LogP contribution is 2.28. The van der Waals surface area contributed by atoms with Crippen LogP contribution in [0.3, 0.4) is 0 Å². The first-order chi connectivity index (χ1) is 12.7. The standard InChI is InChI=1S/C20H23BrN2O4/c1-20(2,3)27-19(25)23-16-12-15(9-10-17(16)26-4)22-18(24)11-13-5-7-14(21)8-6-13/h5-10,12H,11H2,1-4H3,(H,22,24)(H,23,25). The maximum atomic E-state index is 12.3. The number of anilines is 2. The lowest BCUT2D eigenvalue weighted by molar-refractivity contribution is -0.115. The average Bonchev–Trinajstić information content (AvgIpc) is 2.55. The Hall–Kier alpha value is -2.54. The van der Waals surface area contributed by atoms with E-state index in [0.717, 1.165) is 10.0 Å². The minimum absolute atomic E-state index is 0.161. The highest BCUT2D eigenvalue weighted by Gasteiger charge is 2.18. The zero-order valence-corrected chi connectivity index (χ0v) is 17.3. The lowest BCUT2D eigenvalue weighted by Gasteiger charge is -2.20. The molecule has 2 aromatic rings. The summed E-state index contributed by atoms with van der Waals surface area (Å²) in [4.78, 5) is 24.3. The van der Waals surface area contributed by atoms with Gasteiger partial charge in [-0.1, -0.05) is 28.1 Å². The summed E-state index contributed by atoms with van der Waals surface area (Å²) in [5, 5.41) is 5.46. The van der Waals surface area contributed by atoms with Gasteiger partial charge in [-0.25, -0.2) is 4.79 Å². The number of hydrogen-bond acceptors (Lipinski definition) is 4. The Kier molecular flexibility index (Phi) is 6.85. The molecule has 0 unspecified atom stereocenters. The Labute approximate surface area is 167 Å². The highest BCUT2D eigenvalue weighted by atomic mass is 79.9. The second-order valence-electron chi connectivity index (χ2n) is 6.89. The number of carbonyl (C=O) groups is 2. The quantitative estimate of drug-likeness (QED) is 0.694. The number of hydrogen-bond donors (Lipinski definition) is 2. The van der Waals surface area contributed by atoms with E-state index in [4.69, 9.17) is 9.47 Å². The Morgan fingerprint density at radius 2 is 1.70 bits per heavy atom. The van der Waals surface area contributed by atoms with Crippen molar-refractivity contribution in [3.63, 3.8) is 0 Å². The molecule has 0 bridgehead atoms. The second-order valence-corrected chi connectivity index (χ2v) is 7.81. The van der Waals surface area contributed by atoms with Crippen LogP contribution < -0.4 is 15.4 Å². The SMILES string of the molecule is COc1ccc(NC(=O)Cc2ccc(Br)cc2)cc1NC(=O)OC(C)(C)C. The Balaban J connectivity index is 2.07. The zero-order chi connectivity index (χ0) is 20.0. The Morgan fingerprint density at radius 1 is 1.04 bits per heavy atom. The summed E-state index contributed by atoms with van der Waals surface area (Å²) in [6, 6.07) is 12.5. The number of ether oxygens (including phenoxy) is 2. The van der Waals surface area contributed by atoms with E-state index in [0.29, 0.717) is 17.1 Å². The molecule has 27 heavy (non-hydrogen) atoms. The van der Waals surface area contributed by atoms with Crippen LogP contribution in [0.4, 0.5) is 16.2 Å². The third-order valence-corrected chi connectivity index (χ3v) is 3.93. The number of methoxy groups -OCH3 is 1. The summed E-state index contributed by atoms with van der Waals surface area (Å²) >= 11 is 3.37. The molecule has 0 aliphatic rings. The van der Waals surface area contributed by atoms with Crippen molar-refractivity contribution in [3.8, 4) is 5.75 Å². The minimum atomic E-state index is -0.617. The second kappa shape index (κ2) is 8.90. The monoisotopic (exact) mass is 434 g/mol. The smallest absolute Gasteiger partial charge is 0.412 e. The molecule has 0 saturated heterocycles. The predicted octanol–water partition coefficient (Wildman–Crippen LogP) is 4.99. The largest absolute Gasteiger partial charge is 0.495 e. The fourth-order valence-corrected chi connectivity index (χ4v) is 2.55. The molecule has 0 aromatic heterocycles. The van der Waals surface area contributed by atoms with Crippen molar-refractivity contribution in [2.45, 2.75) is 32.8 Å². The molecule has 2 amide bonds. The van der Waals surface area contributed by atoms with Gasteiger partial charge < -0.3 is 14.8 Å². The van der Waals surface area contributed by atoms with Gasteiger partial charge in [0.2, 0.25) is 5.91 Å². The average molecular weight is 435 g/mol. The molecule has 0 heterocycles. The molecule has 0 saturated carbocycles. The summed E-state index contributed by atoms with van der Waals surface area (Å²) in [6.45, 7) is 5.34. The van der Waals surface area contributed by atoms with Crippen LogP contribution in [0.1, 0.15) is 26.3 Å². The summed E-state index contributed by atoms with van der Waals surface area (Å²) in [7, 11) is 1.50. The fraction of sp³-hybridized carbons (Fsp3) is 0.300. The van der Waals surface area contributed by atoms with Crippen LogP contribution in [0.2, 0.25) is 0 Å². The summed E-state index contributed by atoms with van der Waals surface area (Å²) in [6.07, 6.45) is -0.354. The molecular weight excluding hydrogens is 412 g/mol. The number of halogens is 1. The van der Waals surface area contributed by atoms with E-state index in [-0.39, 0.29) is 12.3 Å². The van der Waals surface area contributed by atoms with Gasteiger partial charge in [0.1, 0.15) is 11.4 Å². The van der Waals surface area contributed by atoms with Crippen LogP contribution >= 0.6 is 15.9 Å². The number of benzene rings is 2. The van der Waals surface area contributed by atoms with Crippen LogP contribution in [-0.4, -0.2) is 24.7 Å². The summed E-state index contributed by atoms with van der Waals surface area (Å²) in [5.74, 6) is 0.303. The maximum Gasteiger partial charge on any atom is 0.412 e.